The number of thiophene rings is 1. The number of nitrogens with one attached hydrogen (secondary N) is 1. The van der Waals surface area contributed by atoms with Gasteiger partial charge in [-0.2, -0.15) is 0 Å². The first kappa shape index (κ1) is 26.9. The molecule has 0 spiro atoms. The molecule has 1 N–H and O–H groups in total. The van der Waals surface area contributed by atoms with Crippen LogP contribution in [0.5, 0.6) is 0 Å². The van der Waals surface area contributed by atoms with Crippen LogP contribution in [0, 0.1) is 12.8 Å². The molecule has 35 heavy (non-hydrogen) atoms. The zero-order valence-electron chi connectivity index (χ0n) is 20.8. The average molecular weight is 520 g/mol. The molecule has 2 aromatic rings. The average Bonchev–Trinajstić information content (AvgIpc) is 3.37. The monoisotopic (exact) mass is 519 g/mol. The van der Waals surface area contributed by atoms with Crippen molar-refractivity contribution in [1.82, 2.24) is 19.7 Å². The Morgan fingerprint density at radius 2 is 1.97 bits per heavy atom. The largest absolute Gasteiger partial charge is 0.465 e. The van der Waals surface area contributed by atoms with Crippen LogP contribution in [0.1, 0.15) is 63.5 Å². The van der Waals surface area contributed by atoms with Crippen molar-refractivity contribution >= 4 is 45.9 Å². The van der Waals surface area contributed by atoms with E-state index in [1.165, 1.54) is 55.9 Å². The first-order chi connectivity index (χ1) is 16.8. The van der Waals surface area contributed by atoms with Gasteiger partial charge in [0.05, 0.1) is 23.3 Å². The summed E-state index contributed by atoms with van der Waals surface area (Å²) in [5.41, 5.74) is 0.687. The highest BCUT2D eigenvalue weighted by atomic mass is 32.2. The molecule has 2 amide bonds. The van der Waals surface area contributed by atoms with Gasteiger partial charge in [-0.05, 0) is 18.4 Å². The number of carbonyl (C=O) groups is 3. The number of rotatable bonds is 10. The Bertz CT molecular complexity index is 1090. The maximum atomic E-state index is 12.8. The van der Waals surface area contributed by atoms with Gasteiger partial charge in [0.2, 0.25) is 5.91 Å². The third-order valence-electron chi connectivity index (χ3n) is 6.02. The second-order valence-corrected chi connectivity index (χ2v) is 10.8. The highest BCUT2D eigenvalue weighted by Gasteiger charge is 2.27. The number of hydrogen-bond donors (Lipinski definition) is 1. The second kappa shape index (κ2) is 12.3. The number of carbonyl (C=O) groups excluding carboxylic acids is 3. The molecule has 0 radical (unpaired) electrons. The van der Waals surface area contributed by atoms with E-state index < -0.39 is 5.97 Å². The van der Waals surface area contributed by atoms with Gasteiger partial charge in [-0.25, -0.2) is 4.79 Å². The third kappa shape index (κ3) is 6.52. The van der Waals surface area contributed by atoms with Gasteiger partial charge in [0.15, 0.2) is 5.16 Å². The first-order valence-corrected chi connectivity index (χ1v) is 13.5. The molecule has 1 aliphatic carbocycles. The number of anilines is 1. The number of amides is 2. The lowest BCUT2D eigenvalue weighted by Crippen LogP contribution is -2.21. The van der Waals surface area contributed by atoms with E-state index in [-0.39, 0.29) is 23.1 Å². The van der Waals surface area contributed by atoms with E-state index in [0.717, 1.165) is 23.6 Å². The summed E-state index contributed by atoms with van der Waals surface area (Å²) in [5.74, 6) is 0.470. The quantitative estimate of drug-likeness (QED) is 0.285. The molecule has 2 aromatic heterocycles. The summed E-state index contributed by atoms with van der Waals surface area (Å²) in [6.45, 7) is 6.10. The minimum Gasteiger partial charge on any atom is -0.465 e. The fourth-order valence-electron chi connectivity index (χ4n) is 4.19. The van der Waals surface area contributed by atoms with Crippen molar-refractivity contribution in [2.24, 2.45) is 5.92 Å². The number of ether oxygens (including phenoxy) is 1. The smallest absolute Gasteiger partial charge is 0.341 e. The van der Waals surface area contributed by atoms with E-state index in [1.807, 2.05) is 4.57 Å². The third-order valence-corrected chi connectivity index (χ3v) is 8.19. The van der Waals surface area contributed by atoms with E-state index in [9.17, 15) is 14.4 Å². The van der Waals surface area contributed by atoms with Crippen LogP contribution in [0.2, 0.25) is 0 Å². The normalized spacial score (nSPS) is 13.9. The molecule has 2 heterocycles. The molecule has 190 valence electrons. The lowest BCUT2D eigenvalue weighted by atomic mass is 9.87. The molecular weight excluding hydrogens is 486 g/mol. The van der Waals surface area contributed by atoms with E-state index in [2.05, 4.69) is 22.1 Å². The molecule has 0 atom stereocenters. The summed E-state index contributed by atoms with van der Waals surface area (Å²) in [7, 11) is 4.54. The number of allylic oxidation sites excluding steroid dienone is 1. The van der Waals surface area contributed by atoms with E-state index in [1.54, 1.807) is 27.1 Å². The minimum absolute atomic E-state index is 0.0766. The van der Waals surface area contributed by atoms with Crippen molar-refractivity contribution < 1.29 is 19.1 Å². The fraction of sp³-hybridized carbons (Fsp3) is 0.542. The standard InChI is InChI=1S/C24H33N5O4S2/c1-6-12-29-17(13-16-10-8-7-9-11-16)26-27-24(29)34-14-18(30)25-21-19(23(32)33-5)15(2)20(35-21)22(31)28(3)4/h6,16H,1,7-14H2,2-5H3,(H,25,30). The van der Waals surface area contributed by atoms with Gasteiger partial charge in [-0.15, -0.1) is 28.1 Å². The Labute approximate surface area is 214 Å². The Hall–Kier alpha value is -2.66. The topological polar surface area (TPSA) is 106 Å². The molecule has 1 aliphatic rings. The lowest BCUT2D eigenvalue weighted by molar-refractivity contribution is -0.113. The number of thioether (sulfide) groups is 1. The molecule has 1 fully saturated rings. The van der Waals surface area contributed by atoms with E-state index >= 15 is 0 Å². The van der Waals surface area contributed by atoms with Crippen molar-refractivity contribution in [3.05, 3.63) is 34.5 Å². The van der Waals surface area contributed by atoms with Gasteiger partial charge in [0.25, 0.3) is 5.91 Å². The molecule has 0 unspecified atom stereocenters. The van der Waals surface area contributed by atoms with E-state index in [0.29, 0.717) is 33.1 Å². The summed E-state index contributed by atoms with van der Waals surface area (Å²) in [6, 6.07) is 0. The van der Waals surface area contributed by atoms with Crippen molar-refractivity contribution in [3.63, 3.8) is 0 Å². The first-order valence-electron chi connectivity index (χ1n) is 11.7. The maximum Gasteiger partial charge on any atom is 0.341 e. The molecule has 0 aliphatic heterocycles. The summed E-state index contributed by atoms with van der Waals surface area (Å²) >= 11 is 2.35. The summed E-state index contributed by atoms with van der Waals surface area (Å²) in [5, 5.41) is 12.5. The zero-order chi connectivity index (χ0) is 25.5. The van der Waals surface area contributed by atoms with Crippen LogP contribution in [0.15, 0.2) is 17.8 Å². The number of esters is 1. The number of hydrogen-bond acceptors (Lipinski definition) is 8. The molecular formula is C24H33N5O4S2. The highest BCUT2D eigenvalue weighted by Crippen LogP contribution is 2.34. The molecule has 9 nitrogen and oxygen atoms in total. The van der Waals surface area contributed by atoms with Gasteiger partial charge >= 0.3 is 5.97 Å². The highest BCUT2D eigenvalue weighted by molar-refractivity contribution is 7.99. The Morgan fingerprint density at radius 3 is 2.60 bits per heavy atom. The van der Waals surface area contributed by atoms with Gasteiger partial charge in [0, 0.05) is 27.1 Å². The fourth-order valence-corrected chi connectivity index (χ4v) is 6.19. The summed E-state index contributed by atoms with van der Waals surface area (Å²) in [4.78, 5) is 39.5. The zero-order valence-corrected chi connectivity index (χ0v) is 22.4. The van der Waals surface area contributed by atoms with Gasteiger partial charge in [0.1, 0.15) is 10.8 Å². The molecule has 0 aromatic carbocycles. The van der Waals surface area contributed by atoms with Crippen LogP contribution in [0.4, 0.5) is 5.00 Å². The Morgan fingerprint density at radius 1 is 1.26 bits per heavy atom. The molecule has 11 heteroatoms. The lowest BCUT2D eigenvalue weighted by Gasteiger charge is -2.21. The van der Waals surface area contributed by atoms with Crippen LogP contribution >= 0.6 is 23.1 Å². The van der Waals surface area contributed by atoms with Crippen LogP contribution in [0.25, 0.3) is 0 Å². The second-order valence-electron chi connectivity index (χ2n) is 8.79. The molecule has 0 saturated heterocycles. The predicted octanol–water partition coefficient (Wildman–Crippen LogP) is 4.18. The summed E-state index contributed by atoms with van der Waals surface area (Å²) in [6.07, 6.45) is 8.95. The van der Waals surface area contributed by atoms with E-state index in [4.69, 9.17) is 4.74 Å². The van der Waals surface area contributed by atoms with Gasteiger partial charge < -0.3 is 19.5 Å². The van der Waals surface area contributed by atoms with Crippen LogP contribution < -0.4 is 5.32 Å². The molecule has 0 bridgehead atoms. The maximum absolute atomic E-state index is 12.8. The predicted molar refractivity (Wildman–Crippen MR) is 138 cm³/mol. The minimum atomic E-state index is -0.599. The summed E-state index contributed by atoms with van der Waals surface area (Å²) < 4.78 is 6.90. The SMILES string of the molecule is C=CCn1c(CC2CCCCC2)nnc1SCC(=O)Nc1sc(C(=O)N(C)C)c(C)c1C(=O)OC. The van der Waals surface area contributed by atoms with Crippen LogP contribution in [-0.4, -0.2) is 64.4 Å². The van der Waals surface area contributed by atoms with Crippen LogP contribution in [-0.2, 0) is 22.5 Å². The van der Waals surface area contributed by atoms with Crippen molar-refractivity contribution in [2.75, 3.05) is 32.3 Å². The Kier molecular flexibility index (Phi) is 9.50. The van der Waals surface area contributed by atoms with Crippen molar-refractivity contribution in [3.8, 4) is 0 Å². The van der Waals surface area contributed by atoms with Gasteiger partial charge in [-0.1, -0.05) is 49.9 Å². The van der Waals surface area contributed by atoms with Crippen molar-refractivity contribution in [1.29, 1.82) is 0 Å². The van der Waals surface area contributed by atoms with Crippen LogP contribution in [0.3, 0.4) is 0 Å². The Balaban J connectivity index is 1.72. The van der Waals surface area contributed by atoms with Gasteiger partial charge in [-0.3, -0.25) is 9.59 Å². The van der Waals surface area contributed by atoms with Crippen molar-refractivity contribution in [2.45, 2.75) is 57.1 Å². The number of nitrogens with zero attached hydrogens (tertiary/aromatic N) is 4. The molecule has 3 rings (SSSR count). The number of methoxy groups -OCH3 is 1. The number of aromatic nitrogens is 3. The molecule has 1 saturated carbocycles.